The lowest BCUT2D eigenvalue weighted by Gasteiger charge is -2.16. The second kappa shape index (κ2) is 2.12. The maximum Gasteiger partial charge on any atom is 0.267 e. The van der Waals surface area contributed by atoms with Crippen LogP contribution in [0, 0.1) is 6.92 Å². The molecular weight excluding hydrogens is 140 g/mol. The molecule has 0 fully saturated rings. The Balaban J connectivity index is 2.55. The third-order valence-electron chi connectivity index (χ3n) is 2.05. The van der Waals surface area contributed by atoms with E-state index in [1.54, 1.807) is 0 Å². The molecule has 1 amide bonds. The van der Waals surface area contributed by atoms with Crippen LogP contribution in [0.4, 0.5) is 0 Å². The van der Waals surface area contributed by atoms with Gasteiger partial charge < -0.3 is 9.88 Å². The minimum absolute atomic E-state index is 0.0457. The van der Waals surface area contributed by atoms with Crippen molar-refractivity contribution in [3.8, 4) is 0 Å². The summed E-state index contributed by atoms with van der Waals surface area (Å²) < 4.78 is 2.04. The van der Waals surface area contributed by atoms with Gasteiger partial charge in [-0.25, -0.2) is 0 Å². The van der Waals surface area contributed by atoms with Gasteiger partial charge in [-0.15, -0.1) is 0 Å². The van der Waals surface area contributed by atoms with Gasteiger partial charge in [0, 0.05) is 18.8 Å². The molecule has 2 rings (SSSR count). The standard InChI is InChI=1S/C8H10N2O/c1-6-2-3-7-8(11)9-4-5-10(6)7/h2-3H,4-5H2,1H3,(H,9,11). The molecule has 0 aromatic carbocycles. The lowest BCUT2D eigenvalue weighted by atomic mass is 10.3. The molecule has 0 radical (unpaired) electrons. The zero-order chi connectivity index (χ0) is 7.84. The molecule has 11 heavy (non-hydrogen) atoms. The summed E-state index contributed by atoms with van der Waals surface area (Å²) in [5.41, 5.74) is 1.95. The van der Waals surface area contributed by atoms with Crippen molar-refractivity contribution in [2.24, 2.45) is 0 Å². The summed E-state index contributed by atoms with van der Waals surface area (Å²) in [6.07, 6.45) is 0. The molecular formula is C8H10N2O. The Hall–Kier alpha value is -1.25. The molecule has 0 unspecified atom stereocenters. The summed E-state index contributed by atoms with van der Waals surface area (Å²) >= 11 is 0. The molecule has 58 valence electrons. The number of rotatable bonds is 0. The van der Waals surface area contributed by atoms with Crippen LogP contribution < -0.4 is 5.32 Å². The van der Waals surface area contributed by atoms with Crippen LogP contribution in [-0.2, 0) is 6.54 Å². The molecule has 1 aromatic rings. The van der Waals surface area contributed by atoms with Crippen LogP contribution in [0.3, 0.4) is 0 Å². The Morgan fingerprint density at radius 1 is 1.55 bits per heavy atom. The van der Waals surface area contributed by atoms with Crippen molar-refractivity contribution in [1.82, 2.24) is 9.88 Å². The minimum Gasteiger partial charge on any atom is -0.349 e. The quantitative estimate of drug-likeness (QED) is 0.575. The van der Waals surface area contributed by atoms with Crippen LogP contribution in [0.1, 0.15) is 16.2 Å². The Kier molecular flexibility index (Phi) is 1.24. The van der Waals surface area contributed by atoms with Crippen molar-refractivity contribution < 1.29 is 4.79 Å². The van der Waals surface area contributed by atoms with Crippen molar-refractivity contribution in [3.63, 3.8) is 0 Å². The number of fused-ring (bicyclic) bond motifs is 1. The number of nitrogens with one attached hydrogen (secondary N) is 1. The van der Waals surface area contributed by atoms with Crippen LogP contribution in [0.25, 0.3) is 0 Å². The van der Waals surface area contributed by atoms with Gasteiger partial charge in [0.1, 0.15) is 5.69 Å². The predicted octanol–water partition coefficient (Wildman–Crippen LogP) is 0.540. The largest absolute Gasteiger partial charge is 0.349 e. The fourth-order valence-corrected chi connectivity index (χ4v) is 1.44. The monoisotopic (exact) mass is 150 g/mol. The second-order valence-corrected chi connectivity index (χ2v) is 2.77. The maximum atomic E-state index is 11.2. The summed E-state index contributed by atoms with van der Waals surface area (Å²) in [6.45, 7) is 3.67. The van der Waals surface area contributed by atoms with E-state index in [1.807, 2.05) is 23.6 Å². The van der Waals surface area contributed by atoms with E-state index in [-0.39, 0.29) is 5.91 Å². The van der Waals surface area contributed by atoms with Gasteiger partial charge >= 0.3 is 0 Å². The highest BCUT2D eigenvalue weighted by atomic mass is 16.2. The molecule has 0 saturated heterocycles. The summed E-state index contributed by atoms with van der Waals surface area (Å²) in [5.74, 6) is 0.0457. The van der Waals surface area contributed by atoms with E-state index in [0.29, 0.717) is 0 Å². The van der Waals surface area contributed by atoms with Crippen LogP contribution >= 0.6 is 0 Å². The number of aryl methyl sites for hydroxylation is 1. The molecule has 1 N–H and O–H groups in total. The zero-order valence-corrected chi connectivity index (χ0v) is 6.42. The number of aromatic nitrogens is 1. The summed E-state index contributed by atoms with van der Waals surface area (Å²) in [4.78, 5) is 11.2. The van der Waals surface area contributed by atoms with Crippen molar-refractivity contribution in [2.45, 2.75) is 13.5 Å². The molecule has 0 saturated carbocycles. The molecule has 1 aliphatic heterocycles. The van der Waals surface area contributed by atoms with Gasteiger partial charge in [0.2, 0.25) is 0 Å². The van der Waals surface area contributed by atoms with Crippen molar-refractivity contribution in [3.05, 3.63) is 23.5 Å². The predicted molar refractivity (Wildman–Crippen MR) is 41.5 cm³/mol. The first-order valence-electron chi connectivity index (χ1n) is 3.73. The lowest BCUT2D eigenvalue weighted by molar-refractivity contribution is 0.0927. The molecule has 2 heterocycles. The first-order chi connectivity index (χ1) is 5.29. The van der Waals surface area contributed by atoms with Gasteiger partial charge in [-0.05, 0) is 19.1 Å². The van der Waals surface area contributed by atoms with E-state index in [2.05, 4.69) is 5.32 Å². The van der Waals surface area contributed by atoms with E-state index < -0.39 is 0 Å². The second-order valence-electron chi connectivity index (χ2n) is 2.77. The van der Waals surface area contributed by atoms with E-state index in [4.69, 9.17) is 0 Å². The zero-order valence-electron chi connectivity index (χ0n) is 6.42. The number of carbonyl (C=O) groups excluding carboxylic acids is 1. The van der Waals surface area contributed by atoms with Gasteiger partial charge in [0.15, 0.2) is 0 Å². The van der Waals surface area contributed by atoms with Crippen LogP contribution in [0.2, 0.25) is 0 Å². The smallest absolute Gasteiger partial charge is 0.267 e. The van der Waals surface area contributed by atoms with Gasteiger partial charge in [-0.3, -0.25) is 4.79 Å². The fraction of sp³-hybridized carbons (Fsp3) is 0.375. The lowest BCUT2D eigenvalue weighted by Crippen LogP contribution is -2.35. The van der Waals surface area contributed by atoms with E-state index in [0.717, 1.165) is 24.5 Å². The van der Waals surface area contributed by atoms with Gasteiger partial charge in [-0.1, -0.05) is 0 Å². The van der Waals surface area contributed by atoms with Gasteiger partial charge in [0.05, 0.1) is 0 Å². The van der Waals surface area contributed by atoms with Crippen molar-refractivity contribution in [1.29, 1.82) is 0 Å². The first-order valence-corrected chi connectivity index (χ1v) is 3.73. The number of hydrogen-bond donors (Lipinski definition) is 1. The van der Waals surface area contributed by atoms with Crippen LogP contribution in [0.15, 0.2) is 12.1 Å². The molecule has 0 bridgehead atoms. The maximum absolute atomic E-state index is 11.2. The number of nitrogens with zero attached hydrogens (tertiary/aromatic N) is 1. The van der Waals surface area contributed by atoms with E-state index in [9.17, 15) is 4.79 Å². The molecule has 0 atom stereocenters. The Morgan fingerprint density at radius 3 is 3.09 bits per heavy atom. The van der Waals surface area contributed by atoms with E-state index >= 15 is 0 Å². The molecule has 3 nitrogen and oxygen atoms in total. The number of hydrogen-bond acceptors (Lipinski definition) is 1. The Bertz CT molecular complexity index is 301. The molecule has 0 spiro atoms. The molecule has 0 aliphatic carbocycles. The van der Waals surface area contributed by atoms with E-state index in [1.165, 1.54) is 0 Å². The SMILES string of the molecule is Cc1ccc2n1CCNC2=O. The average molecular weight is 150 g/mol. The van der Waals surface area contributed by atoms with Crippen molar-refractivity contribution >= 4 is 5.91 Å². The molecule has 3 heteroatoms. The third-order valence-corrected chi connectivity index (χ3v) is 2.05. The number of amides is 1. The third kappa shape index (κ3) is 0.843. The fourth-order valence-electron chi connectivity index (χ4n) is 1.44. The highest BCUT2D eigenvalue weighted by Crippen LogP contribution is 2.10. The Labute approximate surface area is 65.0 Å². The molecule has 1 aromatic heterocycles. The van der Waals surface area contributed by atoms with Gasteiger partial charge in [-0.2, -0.15) is 0 Å². The normalized spacial score (nSPS) is 15.9. The first kappa shape index (κ1) is 6.46. The highest BCUT2D eigenvalue weighted by molar-refractivity contribution is 5.93. The Morgan fingerprint density at radius 2 is 2.36 bits per heavy atom. The summed E-state index contributed by atoms with van der Waals surface area (Å²) in [6, 6.07) is 3.84. The average Bonchev–Trinajstić information content (AvgIpc) is 2.35. The summed E-state index contributed by atoms with van der Waals surface area (Å²) in [7, 11) is 0. The van der Waals surface area contributed by atoms with Gasteiger partial charge in [0.25, 0.3) is 5.91 Å². The minimum atomic E-state index is 0.0457. The molecule has 1 aliphatic rings. The van der Waals surface area contributed by atoms with Crippen LogP contribution in [-0.4, -0.2) is 17.0 Å². The topological polar surface area (TPSA) is 34.0 Å². The van der Waals surface area contributed by atoms with Crippen LogP contribution in [0.5, 0.6) is 0 Å². The summed E-state index contributed by atoms with van der Waals surface area (Å²) in [5, 5.41) is 2.79. The number of carbonyl (C=O) groups is 1. The van der Waals surface area contributed by atoms with Crippen molar-refractivity contribution in [2.75, 3.05) is 6.54 Å². The highest BCUT2D eigenvalue weighted by Gasteiger charge is 2.16.